The minimum absolute atomic E-state index is 0.141. The zero-order chi connectivity index (χ0) is 11.1. The molecule has 0 bridgehead atoms. The number of aliphatic hydroxyl groups excluding tert-OH is 1. The second-order valence-corrected chi connectivity index (χ2v) is 3.50. The summed E-state index contributed by atoms with van der Waals surface area (Å²) in [5.41, 5.74) is 2.15. The van der Waals surface area contributed by atoms with E-state index in [1.807, 2.05) is 0 Å². The Morgan fingerprint density at radius 3 is 2.93 bits per heavy atom. The van der Waals surface area contributed by atoms with Crippen LogP contribution >= 0.6 is 0 Å². The van der Waals surface area contributed by atoms with Gasteiger partial charge in [-0.3, -0.25) is 4.84 Å². The number of rotatable bonds is 4. The summed E-state index contributed by atoms with van der Waals surface area (Å²) in [4.78, 5) is 16.0. The molecule has 0 radical (unpaired) electrons. The van der Waals surface area contributed by atoms with E-state index in [0.717, 1.165) is 19.3 Å². The fourth-order valence-corrected chi connectivity index (χ4v) is 1.50. The molecular formula is C10H17NO4. The van der Waals surface area contributed by atoms with Gasteiger partial charge in [-0.15, -0.1) is 0 Å². The monoisotopic (exact) mass is 215 g/mol. The molecule has 5 heteroatoms. The van der Waals surface area contributed by atoms with Gasteiger partial charge in [0, 0.05) is 0 Å². The van der Waals surface area contributed by atoms with Gasteiger partial charge in [0.1, 0.15) is 12.7 Å². The van der Waals surface area contributed by atoms with Crippen LogP contribution in [0.1, 0.15) is 25.7 Å². The number of hydroxylamine groups is 1. The van der Waals surface area contributed by atoms with Gasteiger partial charge in [-0.1, -0.05) is 25.5 Å². The molecule has 1 rings (SSSR count). The predicted octanol–water partition coefficient (Wildman–Crippen LogP) is 1.13. The average Bonchev–Trinajstić information content (AvgIpc) is 2.25. The molecular weight excluding hydrogens is 198 g/mol. The summed E-state index contributed by atoms with van der Waals surface area (Å²) in [7, 11) is 0. The predicted molar refractivity (Wildman–Crippen MR) is 54.0 cm³/mol. The van der Waals surface area contributed by atoms with E-state index in [1.54, 1.807) is 0 Å². The van der Waals surface area contributed by atoms with Crippen molar-refractivity contribution in [1.82, 2.24) is 5.48 Å². The molecule has 2 N–H and O–H groups in total. The van der Waals surface area contributed by atoms with Crippen molar-refractivity contribution in [1.29, 1.82) is 0 Å². The van der Waals surface area contributed by atoms with Crippen LogP contribution in [0.5, 0.6) is 0 Å². The first kappa shape index (κ1) is 12.0. The molecule has 1 amide bonds. The number of amides is 1. The molecule has 0 aromatic heterocycles. The fraction of sp³-hybridized carbons (Fsp3) is 0.700. The zero-order valence-corrected chi connectivity index (χ0v) is 8.65. The lowest BCUT2D eigenvalue weighted by Crippen LogP contribution is -2.39. The van der Waals surface area contributed by atoms with Gasteiger partial charge in [0.25, 0.3) is 0 Å². The maximum absolute atomic E-state index is 11.0. The molecule has 1 fully saturated rings. The summed E-state index contributed by atoms with van der Waals surface area (Å²) in [6.45, 7) is 3.55. The van der Waals surface area contributed by atoms with E-state index < -0.39 is 12.2 Å². The summed E-state index contributed by atoms with van der Waals surface area (Å²) < 4.78 is 4.64. The molecule has 1 saturated carbocycles. The molecule has 0 spiro atoms. The number of nitrogens with one attached hydrogen (secondary N) is 1. The third-order valence-electron chi connectivity index (χ3n) is 2.29. The van der Waals surface area contributed by atoms with Crippen LogP contribution in [0.2, 0.25) is 0 Å². The van der Waals surface area contributed by atoms with E-state index in [0.29, 0.717) is 6.42 Å². The summed E-state index contributed by atoms with van der Waals surface area (Å²) >= 11 is 0. The first-order valence-electron chi connectivity index (χ1n) is 5.11. The Morgan fingerprint density at radius 2 is 2.27 bits per heavy atom. The normalized spacial score (nSPS) is 25.7. The van der Waals surface area contributed by atoms with Gasteiger partial charge >= 0.3 is 6.09 Å². The van der Waals surface area contributed by atoms with Gasteiger partial charge in [-0.2, -0.15) is 5.48 Å². The van der Waals surface area contributed by atoms with Gasteiger partial charge in [0.05, 0.1) is 6.10 Å². The lowest BCUT2D eigenvalue weighted by atomic mass is 9.95. The van der Waals surface area contributed by atoms with Crippen molar-refractivity contribution >= 4 is 6.09 Å². The first-order chi connectivity index (χ1) is 7.24. The van der Waals surface area contributed by atoms with Crippen LogP contribution in [-0.2, 0) is 9.57 Å². The average molecular weight is 215 g/mol. The van der Waals surface area contributed by atoms with E-state index in [4.69, 9.17) is 4.84 Å². The molecule has 0 heterocycles. The smallest absolute Gasteiger partial charge is 0.431 e. The third kappa shape index (κ3) is 4.31. The number of carbonyl (C=O) groups is 1. The van der Waals surface area contributed by atoms with Gasteiger partial charge in [0.2, 0.25) is 0 Å². The topological polar surface area (TPSA) is 67.8 Å². The van der Waals surface area contributed by atoms with Crippen LogP contribution in [0.3, 0.4) is 0 Å². The lowest BCUT2D eigenvalue weighted by molar-refractivity contribution is -0.0964. The van der Waals surface area contributed by atoms with Gasteiger partial charge < -0.3 is 9.84 Å². The van der Waals surface area contributed by atoms with Gasteiger partial charge in [0.15, 0.2) is 0 Å². The highest BCUT2D eigenvalue weighted by Gasteiger charge is 2.24. The maximum atomic E-state index is 11.0. The standard InChI is InChI=1S/C10H17NO4/c1-2-7-14-10(13)11-15-9-6-4-3-5-8(9)12/h2,8-9,12H,1,3-7H2,(H,11,13)/t8-,9-/m0/s1. The summed E-state index contributed by atoms with van der Waals surface area (Å²) in [6, 6.07) is 0. The Morgan fingerprint density at radius 1 is 1.53 bits per heavy atom. The van der Waals surface area contributed by atoms with E-state index in [-0.39, 0.29) is 12.7 Å². The van der Waals surface area contributed by atoms with Crippen molar-refractivity contribution in [3.63, 3.8) is 0 Å². The Kier molecular flexibility index (Phi) is 5.14. The summed E-state index contributed by atoms with van der Waals surface area (Å²) in [6.07, 6.45) is 3.46. The fourth-order valence-electron chi connectivity index (χ4n) is 1.50. The Balaban J connectivity index is 2.17. The molecule has 0 aromatic rings. The zero-order valence-electron chi connectivity index (χ0n) is 8.65. The second kappa shape index (κ2) is 6.42. The van der Waals surface area contributed by atoms with Gasteiger partial charge in [-0.05, 0) is 12.8 Å². The summed E-state index contributed by atoms with van der Waals surface area (Å²) in [5.74, 6) is 0. The van der Waals surface area contributed by atoms with E-state index in [2.05, 4.69) is 16.8 Å². The molecule has 1 aliphatic carbocycles. The second-order valence-electron chi connectivity index (χ2n) is 3.50. The lowest BCUT2D eigenvalue weighted by Gasteiger charge is -2.26. The minimum Gasteiger partial charge on any atom is -0.444 e. The minimum atomic E-state index is -0.660. The molecule has 15 heavy (non-hydrogen) atoms. The van der Waals surface area contributed by atoms with Crippen LogP contribution in [0, 0.1) is 0 Å². The van der Waals surface area contributed by atoms with Crippen molar-refractivity contribution in [2.45, 2.75) is 37.9 Å². The number of aliphatic hydroxyl groups is 1. The van der Waals surface area contributed by atoms with E-state index in [1.165, 1.54) is 6.08 Å². The third-order valence-corrected chi connectivity index (χ3v) is 2.29. The van der Waals surface area contributed by atoms with Crippen molar-refractivity contribution in [3.8, 4) is 0 Å². The first-order valence-corrected chi connectivity index (χ1v) is 5.11. The van der Waals surface area contributed by atoms with Crippen LogP contribution in [0.15, 0.2) is 12.7 Å². The number of ether oxygens (including phenoxy) is 1. The van der Waals surface area contributed by atoms with Crippen molar-refractivity contribution in [2.75, 3.05) is 6.61 Å². The number of carbonyl (C=O) groups excluding carboxylic acids is 1. The molecule has 2 atom stereocenters. The SMILES string of the molecule is C=CCOC(=O)NO[C@H]1CCCC[C@@H]1O. The Labute approximate surface area is 89.0 Å². The van der Waals surface area contributed by atoms with Crippen LogP contribution in [0.25, 0.3) is 0 Å². The van der Waals surface area contributed by atoms with Crippen molar-refractivity contribution in [3.05, 3.63) is 12.7 Å². The molecule has 0 saturated heterocycles. The quantitative estimate of drug-likeness (QED) is 0.545. The highest BCUT2D eigenvalue weighted by Crippen LogP contribution is 2.20. The number of hydrogen-bond donors (Lipinski definition) is 2. The van der Waals surface area contributed by atoms with Crippen molar-refractivity contribution < 1.29 is 19.5 Å². The largest absolute Gasteiger partial charge is 0.444 e. The van der Waals surface area contributed by atoms with E-state index >= 15 is 0 Å². The van der Waals surface area contributed by atoms with E-state index in [9.17, 15) is 9.90 Å². The highest BCUT2D eigenvalue weighted by molar-refractivity contribution is 5.65. The van der Waals surface area contributed by atoms with Crippen LogP contribution in [-0.4, -0.2) is 30.0 Å². The number of hydrogen-bond acceptors (Lipinski definition) is 4. The van der Waals surface area contributed by atoms with Gasteiger partial charge in [-0.25, -0.2) is 4.79 Å². The Bertz CT molecular complexity index is 219. The summed E-state index contributed by atoms with van der Waals surface area (Å²) in [5, 5.41) is 9.52. The van der Waals surface area contributed by atoms with Crippen LogP contribution in [0.4, 0.5) is 4.79 Å². The molecule has 1 aliphatic rings. The maximum Gasteiger partial charge on any atom is 0.431 e. The van der Waals surface area contributed by atoms with Crippen molar-refractivity contribution in [2.24, 2.45) is 0 Å². The molecule has 0 aliphatic heterocycles. The highest BCUT2D eigenvalue weighted by atomic mass is 16.7. The Hall–Kier alpha value is -1.07. The van der Waals surface area contributed by atoms with Crippen LogP contribution < -0.4 is 5.48 Å². The molecule has 0 unspecified atom stereocenters. The molecule has 0 aromatic carbocycles. The molecule has 5 nitrogen and oxygen atoms in total. The molecule has 86 valence electrons.